The third kappa shape index (κ3) is 6.63. The summed E-state index contributed by atoms with van der Waals surface area (Å²) in [5.41, 5.74) is 10.2. The largest absolute Gasteiger partial charge is 0.481 e. The van der Waals surface area contributed by atoms with Crippen molar-refractivity contribution in [1.82, 2.24) is 20.9 Å². The first-order valence-corrected chi connectivity index (χ1v) is 15.2. The minimum atomic E-state index is -0.889. The zero-order valence-corrected chi connectivity index (χ0v) is 26.0. The Hall–Kier alpha value is -4.08. The van der Waals surface area contributed by atoms with Crippen LogP contribution in [0.5, 0.6) is 0 Å². The van der Waals surface area contributed by atoms with E-state index in [1.54, 1.807) is 0 Å². The number of allylic oxidation sites excluding steroid dienone is 2. The molecule has 3 atom stereocenters. The van der Waals surface area contributed by atoms with Crippen molar-refractivity contribution in [3.05, 3.63) is 61.9 Å². The fraction of sp³-hybridized carbons (Fsp3) is 0.515. The topological polar surface area (TPSA) is 161 Å². The predicted octanol–water partition coefficient (Wildman–Crippen LogP) is 4.63. The first kappa shape index (κ1) is 31.8. The maximum absolute atomic E-state index is 12.5. The number of carboxylic acid groups (broad SMARTS) is 2. The highest BCUT2D eigenvalue weighted by Crippen LogP contribution is 2.38. The lowest BCUT2D eigenvalue weighted by molar-refractivity contribution is -0.138. The highest BCUT2D eigenvalue weighted by atomic mass is 16.4. The van der Waals surface area contributed by atoms with E-state index in [9.17, 15) is 29.4 Å². The fourth-order valence-electron chi connectivity index (χ4n) is 6.72. The lowest BCUT2D eigenvalue weighted by atomic mass is 9.91. The third-order valence-corrected chi connectivity index (χ3v) is 9.37. The van der Waals surface area contributed by atoms with Crippen LogP contribution >= 0.6 is 0 Å². The van der Waals surface area contributed by atoms with Crippen LogP contribution in [0.15, 0.2) is 39.4 Å². The molecule has 10 nitrogen and oxygen atoms in total. The number of aliphatic carboxylic acids is 2. The zero-order chi connectivity index (χ0) is 31.6. The molecule has 0 saturated heterocycles. The monoisotopic (exact) mass is 592 g/mol. The predicted molar refractivity (Wildman–Crippen MR) is 164 cm³/mol. The SMILES string of the molecule is CCC1=C(C)C(CC2=C(C)C(CCC(=O)O)/C(=C/c3[nH]c(CC4=C(CC)C(C)C(=O)N4)c(C)c3CCC(=O)O)N2)NC1=O. The van der Waals surface area contributed by atoms with Gasteiger partial charge >= 0.3 is 11.9 Å². The molecule has 43 heavy (non-hydrogen) atoms. The van der Waals surface area contributed by atoms with E-state index in [2.05, 4.69) is 20.9 Å². The molecule has 3 unspecified atom stereocenters. The number of aromatic nitrogens is 1. The van der Waals surface area contributed by atoms with Gasteiger partial charge in [0.15, 0.2) is 0 Å². The Kier molecular flexibility index (Phi) is 9.67. The van der Waals surface area contributed by atoms with Crippen LogP contribution in [0.4, 0.5) is 0 Å². The van der Waals surface area contributed by atoms with E-state index in [0.29, 0.717) is 32.1 Å². The number of amides is 2. The fourth-order valence-corrected chi connectivity index (χ4v) is 6.72. The Morgan fingerprint density at radius 3 is 2.23 bits per heavy atom. The summed E-state index contributed by atoms with van der Waals surface area (Å²) >= 11 is 0. The molecule has 0 radical (unpaired) electrons. The Morgan fingerprint density at radius 2 is 1.63 bits per heavy atom. The summed E-state index contributed by atoms with van der Waals surface area (Å²) in [6.45, 7) is 11.9. The van der Waals surface area contributed by atoms with Crippen molar-refractivity contribution in [1.29, 1.82) is 0 Å². The van der Waals surface area contributed by atoms with Gasteiger partial charge in [0.1, 0.15) is 0 Å². The number of H-pyrrole nitrogens is 1. The van der Waals surface area contributed by atoms with E-state index < -0.39 is 11.9 Å². The number of carbonyl (C=O) groups is 4. The van der Waals surface area contributed by atoms with E-state index in [0.717, 1.165) is 68.3 Å². The second-order valence-corrected chi connectivity index (χ2v) is 11.9. The molecule has 1 aromatic rings. The van der Waals surface area contributed by atoms with E-state index in [1.807, 2.05) is 47.6 Å². The Balaban J connectivity index is 1.70. The molecule has 0 aromatic carbocycles. The lowest BCUT2D eigenvalue weighted by Gasteiger charge is -2.15. The van der Waals surface area contributed by atoms with E-state index in [4.69, 9.17) is 0 Å². The van der Waals surface area contributed by atoms with Crippen molar-refractivity contribution < 1.29 is 29.4 Å². The van der Waals surface area contributed by atoms with Gasteiger partial charge in [-0.3, -0.25) is 19.2 Å². The maximum atomic E-state index is 12.5. The first-order valence-electron chi connectivity index (χ1n) is 15.2. The smallest absolute Gasteiger partial charge is 0.303 e. The van der Waals surface area contributed by atoms with Crippen LogP contribution in [0.25, 0.3) is 6.08 Å². The van der Waals surface area contributed by atoms with Gasteiger partial charge in [-0.2, -0.15) is 0 Å². The summed E-state index contributed by atoms with van der Waals surface area (Å²) in [6.07, 6.45) is 5.18. The van der Waals surface area contributed by atoms with Gasteiger partial charge < -0.3 is 31.1 Å². The second kappa shape index (κ2) is 13.1. The molecular weight excluding hydrogens is 548 g/mol. The maximum Gasteiger partial charge on any atom is 0.303 e. The lowest BCUT2D eigenvalue weighted by Crippen LogP contribution is -2.30. The molecule has 0 spiro atoms. The zero-order valence-electron chi connectivity index (χ0n) is 26.0. The molecule has 0 saturated carbocycles. The quantitative estimate of drug-likeness (QED) is 0.195. The van der Waals surface area contributed by atoms with Gasteiger partial charge in [-0.25, -0.2) is 0 Å². The molecule has 0 aliphatic carbocycles. The summed E-state index contributed by atoms with van der Waals surface area (Å²) in [7, 11) is 0. The highest BCUT2D eigenvalue weighted by Gasteiger charge is 2.34. The summed E-state index contributed by atoms with van der Waals surface area (Å²) in [4.78, 5) is 51.5. The van der Waals surface area contributed by atoms with Crippen molar-refractivity contribution >= 4 is 29.8 Å². The minimum absolute atomic E-state index is 0.0000909. The van der Waals surface area contributed by atoms with Crippen LogP contribution in [0.3, 0.4) is 0 Å². The van der Waals surface area contributed by atoms with Gasteiger partial charge in [0, 0.05) is 65.7 Å². The van der Waals surface area contributed by atoms with E-state index >= 15 is 0 Å². The second-order valence-electron chi connectivity index (χ2n) is 11.9. The number of hydrogen-bond donors (Lipinski definition) is 6. The van der Waals surface area contributed by atoms with E-state index in [1.165, 1.54) is 0 Å². The minimum Gasteiger partial charge on any atom is -0.481 e. The van der Waals surface area contributed by atoms with Gasteiger partial charge in [-0.1, -0.05) is 13.8 Å². The van der Waals surface area contributed by atoms with Gasteiger partial charge in [0.2, 0.25) is 11.8 Å². The number of carboxylic acids is 2. The van der Waals surface area contributed by atoms with Crippen molar-refractivity contribution in [3.63, 3.8) is 0 Å². The Labute approximate surface area is 252 Å². The molecular formula is C33H44N4O6. The molecule has 6 N–H and O–H groups in total. The highest BCUT2D eigenvalue weighted by molar-refractivity contribution is 5.97. The van der Waals surface area contributed by atoms with E-state index in [-0.39, 0.29) is 42.5 Å². The van der Waals surface area contributed by atoms with Crippen LogP contribution < -0.4 is 16.0 Å². The molecule has 4 heterocycles. The van der Waals surface area contributed by atoms with Crippen molar-refractivity contribution in [2.24, 2.45) is 11.8 Å². The van der Waals surface area contributed by atoms with Crippen LogP contribution in [-0.2, 0) is 32.0 Å². The van der Waals surface area contributed by atoms with Crippen LogP contribution in [0, 0.1) is 18.8 Å². The normalized spacial score (nSPS) is 23.0. The summed E-state index contributed by atoms with van der Waals surface area (Å²) in [6, 6.07) is -0.130. The van der Waals surface area contributed by atoms with Gasteiger partial charge in [-0.05, 0) is 87.3 Å². The molecule has 232 valence electrons. The van der Waals surface area contributed by atoms with Gasteiger partial charge in [-0.15, -0.1) is 0 Å². The molecule has 2 amide bonds. The number of hydrogen-bond acceptors (Lipinski definition) is 5. The first-order chi connectivity index (χ1) is 20.4. The van der Waals surface area contributed by atoms with Crippen LogP contribution in [0.2, 0.25) is 0 Å². The molecule has 0 fully saturated rings. The average Bonchev–Trinajstić information content (AvgIpc) is 3.59. The molecule has 0 bridgehead atoms. The molecule has 1 aromatic heterocycles. The van der Waals surface area contributed by atoms with Gasteiger partial charge in [0.05, 0.1) is 12.0 Å². The molecule has 3 aliphatic rings. The number of aromatic amines is 1. The Morgan fingerprint density at radius 1 is 0.930 bits per heavy atom. The molecule has 4 rings (SSSR count). The summed E-state index contributed by atoms with van der Waals surface area (Å²) in [5, 5.41) is 28.6. The molecule has 10 heteroatoms. The summed E-state index contributed by atoms with van der Waals surface area (Å²) in [5.74, 6) is -2.15. The standard InChI is InChI=1S/C33H44N4O6/c1-7-20-19(6)32(42)37-27(20)14-25-18(5)23(10-12-31(40)41)29(35-25)15-28-22(9-11-30(38)39)17(4)24(34-28)13-26-16(3)21(8-2)33(43)36-26/h15,19,22,26,34-35H,7-14H2,1-6H3,(H,36,43)(H,37,42)(H,38,39)(H,40,41)/b28-15-. The number of rotatable bonds is 13. The van der Waals surface area contributed by atoms with Crippen molar-refractivity contribution in [3.8, 4) is 0 Å². The average molecular weight is 593 g/mol. The van der Waals surface area contributed by atoms with Crippen LogP contribution in [0.1, 0.15) is 95.7 Å². The summed E-state index contributed by atoms with van der Waals surface area (Å²) < 4.78 is 0. The Bertz CT molecular complexity index is 1470. The molecule has 3 aliphatic heterocycles. The van der Waals surface area contributed by atoms with Gasteiger partial charge in [0.25, 0.3) is 0 Å². The van der Waals surface area contributed by atoms with Crippen molar-refractivity contribution in [2.45, 2.75) is 99.0 Å². The van der Waals surface area contributed by atoms with Crippen LogP contribution in [-0.4, -0.2) is 45.0 Å². The van der Waals surface area contributed by atoms with Crippen molar-refractivity contribution in [2.75, 3.05) is 0 Å². The number of nitrogens with one attached hydrogen (secondary N) is 4. The number of carbonyl (C=O) groups excluding carboxylic acids is 2. The third-order valence-electron chi connectivity index (χ3n) is 9.37.